The summed E-state index contributed by atoms with van der Waals surface area (Å²) in [5.41, 5.74) is 0. The van der Waals surface area contributed by atoms with Crippen molar-refractivity contribution in [3.63, 3.8) is 0 Å². The molecule has 0 heterocycles. The van der Waals surface area contributed by atoms with E-state index in [1.165, 1.54) is 0 Å². The lowest BCUT2D eigenvalue weighted by Crippen LogP contribution is -2.14. The van der Waals surface area contributed by atoms with Crippen molar-refractivity contribution in [3.05, 3.63) is 49.1 Å². The molecule has 0 aliphatic rings. The average molecular weight is 404 g/mol. The van der Waals surface area contributed by atoms with Crippen molar-refractivity contribution < 1.29 is 33.2 Å². The summed E-state index contributed by atoms with van der Waals surface area (Å²) >= 11 is 0. The third-order valence-electron chi connectivity index (χ3n) is 3.87. The molecule has 0 aromatic heterocycles. The highest BCUT2D eigenvalue weighted by molar-refractivity contribution is 5.90. The lowest BCUT2D eigenvalue weighted by molar-refractivity contribution is -0.139. The van der Waals surface area contributed by atoms with Gasteiger partial charge in [-0.3, -0.25) is 0 Å². The van der Waals surface area contributed by atoms with Gasteiger partial charge in [0, 0.05) is 18.6 Å². The number of carbonyl (C=O) groups excluding carboxylic acids is 1. The van der Waals surface area contributed by atoms with Gasteiger partial charge >= 0.3 is 5.97 Å². The summed E-state index contributed by atoms with van der Waals surface area (Å²) in [6.07, 6.45) is 1.12. The highest BCUT2D eigenvalue weighted by Crippen LogP contribution is 2.35. The molecular formula is C22H28O7. The van der Waals surface area contributed by atoms with E-state index in [1.807, 2.05) is 36.4 Å². The van der Waals surface area contributed by atoms with Crippen molar-refractivity contribution in [2.24, 2.45) is 0 Å². The summed E-state index contributed by atoms with van der Waals surface area (Å²) in [7, 11) is 1.63. The second-order valence-corrected chi connectivity index (χ2v) is 5.90. The number of esters is 1. The van der Waals surface area contributed by atoms with Gasteiger partial charge in [0.2, 0.25) is 0 Å². The number of hydrogen-bond acceptors (Lipinski definition) is 7. The summed E-state index contributed by atoms with van der Waals surface area (Å²) < 4.78 is 32.4. The van der Waals surface area contributed by atoms with Crippen LogP contribution in [0, 0.1) is 0 Å². The smallest absolute Gasteiger partial charge is 0.330 e. The Balaban J connectivity index is 1.73. The minimum atomic E-state index is -0.457. The molecule has 0 unspecified atom stereocenters. The van der Waals surface area contributed by atoms with Gasteiger partial charge in [-0.05, 0) is 11.5 Å². The number of ether oxygens (including phenoxy) is 6. The minimum absolute atomic E-state index is 0.195. The molecule has 0 amide bonds. The van der Waals surface area contributed by atoms with E-state index in [2.05, 4.69) is 6.58 Å². The van der Waals surface area contributed by atoms with Gasteiger partial charge in [-0.1, -0.05) is 36.9 Å². The van der Waals surface area contributed by atoms with Crippen molar-refractivity contribution in [1.29, 1.82) is 0 Å². The first-order chi connectivity index (χ1) is 14.3. The normalized spacial score (nSPS) is 10.7. The first-order valence-corrected chi connectivity index (χ1v) is 9.47. The molecule has 0 aliphatic carbocycles. The maximum absolute atomic E-state index is 10.9. The van der Waals surface area contributed by atoms with E-state index in [1.54, 1.807) is 7.11 Å². The number of methoxy groups -OCH3 is 1. The first kappa shape index (κ1) is 22.7. The van der Waals surface area contributed by atoms with Gasteiger partial charge in [0.05, 0.1) is 33.0 Å². The Morgan fingerprint density at radius 2 is 1.55 bits per heavy atom. The molecule has 0 radical (unpaired) electrons. The fraction of sp³-hybridized carbons (Fsp3) is 0.409. The highest BCUT2D eigenvalue weighted by atomic mass is 16.6. The van der Waals surface area contributed by atoms with Crippen LogP contribution in [0.2, 0.25) is 0 Å². The first-order valence-electron chi connectivity index (χ1n) is 9.47. The monoisotopic (exact) mass is 404 g/mol. The van der Waals surface area contributed by atoms with E-state index in [4.69, 9.17) is 28.4 Å². The molecule has 0 atom stereocenters. The zero-order valence-electron chi connectivity index (χ0n) is 16.8. The van der Waals surface area contributed by atoms with Crippen LogP contribution in [-0.2, 0) is 23.7 Å². The number of rotatable bonds is 15. The van der Waals surface area contributed by atoms with E-state index in [0.29, 0.717) is 57.7 Å². The number of hydrogen-bond donors (Lipinski definition) is 0. The highest BCUT2D eigenvalue weighted by Gasteiger charge is 2.10. The van der Waals surface area contributed by atoms with Crippen molar-refractivity contribution in [2.75, 3.05) is 60.0 Å². The van der Waals surface area contributed by atoms with E-state index >= 15 is 0 Å². The van der Waals surface area contributed by atoms with Gasteiger partial charge in [0.15, 0.2) is 11.5 Å². The standard InChI is InChI=1S/C22H28O7/c1-3-21(23)28-16-13-25-11-12-26-14-17-29-22-19-7-5-4-6-18(19)8-9-20(22)27-15-10-24-2/h3-9H,1,10-17H2,2H3. The van der Waals surface area contributed by atoms with E-state index < -0.39 is 5.97 Å². The lowest BCUT2D eigenvalue weighted by atomic mass is 10.1. The predicted molar refractivity (Wildman–Crippen MR) is 110 cm³/mol. The SMILES string of the molecule is C=CC(=O)OCCOCCOCCOc1c(OCCOC)ccc2ccccc12. The van der Waals surface area contributed by atoms with Crippen LogP contribution in [0.25, 0.3) is 10.8 Å². The Morgan fingerprint density at radius 3 is 2.31 bits per heavy atom. The summed E-state index contributed by atoms with van der Waals surface area (Å²) in [5.74, 6) is 0.919. The fourth-order valence-corrected chi connectivity index (χ4v) is 2.51. The van der Waals surface area contributed by atoms with E-state index in [-0.39, 0.29) is 6.61 Å². The summed E-state index contributed by atoms with van der Waals surface area (Å²) in [6.45, 7) is 6.40. The molecule has 0 fully saturated rings. The van der Waals surface area contributed by atoms with Gasteiger partial charge in [-0.25, -0.2) is 4.79 Å². The van der Waals surface area contributed by atoms with Crippen LogP contribution < -0.4 is 9.47 Å². The molecule has 2 rings (SSSR count). The maximum Gasteiger partial charge on any atom is 0.330 e. The second kappa shape index (κ2) is 13.5. The molecule has 7 heteroatoms. The average Bonchev–Trinajstić information content (AvgIpc) is 2.75. The van der Waals surface area contributed by atoms with Crippen molar-refractivity contribution >= 4 is 16.7 Å². The van der Waals surface area contributed by atoms with E-state index in [0.717, 1.165) is 16.8 Å². The molecule has 0 bridgehead atoms. The zero-order valence-corrected chi connectivity index (χ0v) is 16.8. The molecule has 0 N–H and O–H groups in total. The van der Waals surface area contributed by atoms with Crippen LogP contribution in [0.1, 0.15) is 0 Å². The summed E-state index contributed by atoms with van der Waals surface area (Å²) in [5, 5.41) is 2.06. The molecule has 0 aliphatic heterocycles. The minimum Gasteiger partial charge on any atom is -0.487 e. The van der Waals surface area contributed by atoms with Gasteiger partial charge in [-0.15, -0.1) is 0 Å². The van der Waals surface area contributed by atoms with Crippen LogP contribution in [0.4, 0.5) is 0 Å². The molecule has 7 nitrogen and oxygen atoms in total. The van der Waals surface area contributed by atoms with Crippen LogP contribution in [0.3, 0.4) is 0 Å². The van der Waals surface area contributed by atoms with Gasteiger partial charge in [-0.2, -0.15) is 0 Å². The Labute approximate surface area is 171 Å². The molecule has 2 aromatic rings. The Kier molecular flexibility index (Phi) is 10.6. The molecule has 29 heavy (non-hydrogen) atoms. The Bertz CT molecular complexity index is 760. The quantitative estimate of drug-likeness (QED) is 0.257. The van der Waals surface area contributed by atoms with Crippen molar-refractivity contribution in [1.82, 2.24) is 0 Å². The third-order valence-corrected chi connectivity index (χ3v) is 3.87. The van der Waals surface area contributed by atoms with Crippen molar-refractivity contribution in [2.45, 2.75) is 0 Å². The fourth-order valence-electron chi connectivity index (χ4n) is 2.51. The third kappa shape index (κ3) is 8.11. The Morgan fingerprint density at radius 1 is 0.862 bits per heavy atom. The molecule has 158 valence electrons. The maximum atomic E-state index is 10.9. The Hall–Kier alpha value is -2.61. The largest absolute Gasteiger partial charge is 0.487 e. The number of carbonyl (C=O) groups is 1. The van der Waals surface area contributed by atoms with Gasteiger partial charge in [0.25, 0.3) is 0 Å². The summed E-state index contributed by atoms with van der Waals surface area (Å²) in [4.78, 5) is 10.9. The van der Waals surface area contributed by atoms with Crippen LogP contribution in [0.15, 0.2) is 49.1 Å². The summed E-state index contributed by atoms with van der Waals surface area (Å²) in [6, 6.07) is 11.9. The number of benzene rings is 2. The molecule has 0 spiro atoms. The van der Waals surface area contributed by atoms with Crippen molar-refractivity contribution in [3.8, 4) is 11.5 Å². The topological polar surface area (TPSA) is 72.5 Å². The molecule has 0 saturated heterocycles. The van der Waals surface area contributed by atoms with E-state index in [9.17, 15) is 4.79 Å². The number of fused-ring (bicyclic) bond motifs is 1. The second-order valence-electron chi connectivity index (χ2n) is 5.90. The van der Waals surface area contributed by atoms with Crippen LogP contribution in [0.5, 0.6) is 11.5 Å². The zero-order chi connectivity index (χ0) is 20.7. The van der Waals surface area contributed by atoms with Gasteiger partial charge < -0.3 is 28.4 Å². The molecule has 2 aromatic carbocycles. The van der Waals surface area contributed by atoms with Crippen LogP contribution in [-0.4, -0.2) is 65.9 Å². The molecular weight excluding hydrogens is 376 g/mol. The molecule has 0 saturated carbocycles. The van der Waals surface area contributed by atoms with Crippen LogP contribution >= 0.6 is 0 Å². The van der Waals surface area contributed by atoms with Gasteiger partial charge in [0.1, 0.15) is 19.8 Å². The predicted octanol–water partition coefficient (Wildman–Crippen LogP) is 3.01. The lowest BCUT2D eigenvalue weighted by Gasteiger charge is -2.15.